The molecule has 0 spiro atoms. The number of urea groups is 1. The fourth-order valence-electron chi connectivity index (χ4n) is 1.02. The Bertz CT molecular complexity index is 515. The average Bonchev–Trinajstić information content (AvgIpc) is 2.26. The van der Waals surface area contributed by atoms with E-state index in [1.54, 1.807) is 5.43 Å². The van der Waals surface area contributed by atoms with Crippen molar-refractivity contribution in [3.8, 4) is 5.75 Å². The van der Waals surface area contributed by atoms with Gasteiger partial charge in [-0.2, -0.15) is 9.49 Å². The molecule has 3 N–H and O–H groups in total. The number of primary amides is 1. The van der Waals surface area contributed by atoms with Crippen LogP contribution >= 0.6 is 0 Å². The zero-order valence-electron chi connectivity index (χ0n) is 8.96. The Labute approximate surface area is 102 Å². The van der Waals surface area contributed by atoms with Gasteiger partial charge in [0, 0.05) is 5.56 Å². The minimum Gasteiger partial charge on any atom is -0.403 e. The number of halogens is 5. The van der Waals surface area contributed by atoms with E-state index in [0.29, 0.717) is 12.3 Å². The van der Waals surface area contributed by atoms with E-state index in [-0.39, 0.29) is 0 Å². The Morgan fingerprint density at radius 2 is 1.95 bits per heavy atom. The van der Waals surface area contributed by atoms with Gasteiger partial charge in [0.25, 0.3) is 0 Å². The van der Waals surface area contributed by atoms with Gasteiger partial charge in [-0.25, -0.2) is 14.6 Å². The Balaban J connectivity index is 2.98. The number of carbonyl (C=O) groups excluding carboxylic acids is 1. The highest BCUT2D eigenvalue weighted by molar-refractivity contribution is 5.82. The SMILES string of the molecule is NC(=O)NN=Cc1ccc(OC(F)(F)F)c(F)c1F. The number of hydrazone groups is 1. The Morgan fingerprint density at radius 1 is 1.32 bits per heavy atom. The molecule has 1 rings (SSSR count). The van der Waals surface area contributed by atoms with E-state index in [2.05, 4.69) is 15.6 Å². The van der Waals surface area contributed by atoms with Crippen molar-refractivity contribution < 1.29 is 31.5 Å². The lowest BCUT2D eigenvalue weighted by molar-refractivity contribution is -0.275. The predicted molar refractivity (Wildman–Crippen MR) is 53.4 cm³/mol. The van der Waals surface area contributed by atoms with E-state index in [4.69, 9.17) is 0 Å². The molecule has 0 heterocycles. The summed E-state index contributed by atoms with van der Waals surface area (Å²) in [7, 11) is 0. The summed E-state index contributed by atoms with van der Waals surface area (Å²) in [6.45, 7) is 0. The van der Waals surface area contributed by atoms with Gasteiger partial charge in [0.1, 0.15) is 0 Å². The largest absolute Gasteiger partial charge is 0.573 e. The summed E-state index contributed by atoms with van der Waals surface area (Å²) in [5.74, 6) is -4.76. The first-order valence-electron chi connectivity index (χ1n) is 4.53. The first-order chi connectivity index (χ1) is 8.70. The lowest BCUT2D eigenvalue weighted by atomic mass is 10.2. The van der Waals surface area contributed by atoms with Crippen molar-refractivity contribution in [1.82, 2.24) is 5.43 Å². The highest BCUT2D eigenvalue weighted by Gasteiger charge is 2.33. The maximum absolute atomic E-state index is 13.3. The summed E-state index contributed by atoms with van der Waals surface area (Å²) < 4.78 is 65.3. The third-order valence-electron chi connectivity index (χ3n) is 1.68. The predicted octanol–water partition coefficient (Wildman–Crippen LogP) is 1.87. The van der Waals surface area contributed by atoms with Gasteiger partial charge in [-0.15, -0.1) is 13.2 Å². The van der Waals surface area contributed by atoms with Gasteiger partial charge in [0.15, 0.2) is 11.6 Å². The number of hydrogen-bond acceptors (Lipinski definition) is 3. The number of hydrogen-bond donors (Lipinski definition) is 2. The zero-order chi connectivity index (χ0) is 14.6. The molecule has 0 aliphatic heterocycles. The highest BCUT2D eigenvalue weighted by Crippen LogP contribution is 2.27. The summed E-state index contributed by atoms with van der Waals surface area (Å²) in [5, 5.41) is 3.13. The molecule has 0 saturated carbocycles. The van der Waals surface area contributed by atoms with Crippen LogP contribution in [0.3, 0.4) is 0 Å². The standard InChI is InChI=1S/C9H6F5N3O2/c10-6-4(3-16-17-8(15)18)1-2-5(7(6)11)19-9(12,13)14/h1-3H,(H3,15,17,18). The van der Waals surface area contributed by atoms with Crippen LogP contribution in [0.2, 0.25) is 0 Å². The molecule has 5 nitrogen and oxygen atoms in total. The Kier molecular flexibility index (Phi) is 4.25. The minimum absolute atomic E-state index is 0.499. The number of alkyl halides is 3. The van der Waals surface area contributed by atoms with Crippen LogP contribution in [0, 0.1) is 11.6 Å². The molecule has 0 fully saturated rings. The highest BCUT2D eigenvalue weighted by atomic mass is 19.4. The molecule has 0 aromatic heterocycles. The van der Waals surface area contributed by atoms with Crippen molar-refractivity contribution in [2.24, 2.45) is 10.8 Å². The van der Waals surface area contributed by atoms with E-state index in [0.717, 1.165) is 6.07 Å². The fraction of sp³-hybridized carbons (Fsp3) is 0.111. The Hall–Kier alpha value is -2.39. The van der Waals surface area contributed by atoms with Crippen LogP contribution in [-0.4, -0.2) is 18.6 Å². The molecule has 19 heavy (non-hydrogen) atoms. The van der Waals surface area contributed by atoms with Crippen molar-refractivity contribution in [1.29, 1.82) is 0 Å². The zero-order valence-corrected chi connectivity index (χ0v) is 8.96. The molecule has 0 bridgehead atoms. The number of nitrogens with two attached hydrogens (primary N) is 1. The number of rotatable bonds is 3. The van der Waals surface area contributed by atoms with Gasteiger partial charge in [-0.1, -0.05) is 0 Å². The number of benzene rings is 1. The van der Waals surface area contributed by atoms with Gasteiger partial charge in [-0.3, -0.25) is 0 Å². The average molecular weight is 283 g/mol. The van der Waals surface area contributed by atoms with E-state index < -0.39 is 35.3 Å². The van der Waals surface area contributed by atoms with E-state index >= 15 is 0 Å². The number of nitrogens with zero attached hydrogens (tertiary/aromatic N) is 1. The molecule has 1 aromatic carbocycles. The number of nitrogens with one attached hydrogen (secondary N) is 1. The number of carbonyl (C=O) groups is 1. The normalized spacial score (nSPS) is 11.6. The van der Waals surface area contributed by atoms with E-state index in [1.807, 2.05) is 0 Å². The minimum atomic E-state index is -5.14. The summed E-state index contributed by atoms with van der Waals surface area (Å²) in [6.07, 6.45) is -4.48. The topological polar surface area (TPSA) is 76.7 Å². The molecule has 0 radical (unpaired) electrons. The quantitative estimate of drug-likeness (QED) is 0.504. The van der Waals surface area contributed by atoms with Crippen molar-refractivity contribution in [3.63, 3.8) is 0 Å². The van der Waals surface area contributed by atoms with Crippen molar-refractivity contribution in [3.05, 3.63) is 29.3 Å². The molecule has 0 unspecified atom stereocenters. The van der Waals surface area contributed by atoms with Crippen LogP contribution < -0.4 is 15.9 Å². The van der Waals surface area contributed by atoms with Gasteiger partial charge >= 0.3 is 12.4 Å². The number of amides is 2. The molecule has 104 valence electrons. The first-order valence-corrected chi connectivity index (χ1v) is 4.53. The van der Waals surface area contributed by atoms with Crippen LogP contribution in [0.4, 0.5) is 26.7 Å². The van der Waals surface area contributed by atoms with Crippen molar-refractivity contribution in [2.75, 3.05) is 0 Å². The second kappa shape index (κ2) is 5.50. The second-order valence-electron chi connectivity index (χ2n) is 3.06. The maximum atomic E-state index is 13.3. The molecule has 1 aromatic rings. The van der Waals surface area contributed by atoms with Crippen LogP contribution in [-0.2, 0) is 0 Å². The summed E-state index contributed by atoms with van der Waals surface area (Å²) in [6, 6.07) is 0.303. The van der Waals surface area contributed by atoms with E-state index in [9.17, 15) is 26.7 Å². The smallest absolute Gasteiger partial charge is 0.403 e. The van der Waals surface area contributed by atoms with Gasteiger partial charge in [-0.05, 0) is 12.1 Å². The summed E-state index contributed by atoms with van der Waals surface area (Å²) >= 11 is 0. The van der Waals surface area contributed by atoms with Crippen LogP contribution in [0.25, 0.3) is 0 Å². The van der Waals surface area contributed by atoms with Crippen molar-refractivity contribution in [2.45, 2.75) is 6.36 Å². The molecule has 2 amide bonds. The molecule has 0 saturated heterocycles. The molecule has 0 aliphatic rings. The molecular formula is C9H6F5N3O2. The number of ether oxygens (including phenoxy) is 1. The Morgan fingerprint density at radius 3 is 2.47 bits per heavy atom. The summed E-state index contributed by atoms with van der Waals surface area (Å²) in [4.78, 5) is 10.2. The van der Waals surface area contributed by atoms with Crippen molar-refractivity contribution >= 4 is 12.2 Å². The van der Waals surface area contributed by atoms with Gasteiger partial charge in [0.2, 0.25) is 5.82 Å². The first kappa shape index (κ1) is 14.7. The third-order valence-corrected chi connectivity index (χ3v) is 1.68. The van der Waals surface area contributed by atoms with E-state index in [1.165, 1.54) is 0 Å². The second-order valence-corrected chi connectivity index (χ2v) is 3.06. The molecular weight excluding hydrogens is 277 g/mol. The molecule has 10 heteroatoms. The lowest BCUT2D eigenvalue weighted by Crippen LogP contribution is -2.24. The monoisotopic (exact) mass is 283 g/mol. The van der Waals surface area contributed by atoms with Crippen LogP contribution in [0.5, 0.6) is 5.75 Å². The van der Waals surface area contributed by atoms with Gasteiger partial charge in [0.05, 0.1) is 6.21 Å². The van der Waals surface area contributed by atoms with Gasteiger partial charge < -0.3 is 10.5 Å². The van der Waals surface area contributed by atoms with Crippen LogP contribution in [0.15, 0.2) is 17.2 Å². The third kappa shape index (κ3) is 4.41. The lowest BCUT2D eigenvalue weighted by Gasteiger charge is -2.10. The summed E-state index contributed by atoms with van der Waals surface area (Å²) in [5.41, 5.74) is 5.84. The molecule has 0 atom stereocenters. The van der Waals surface area contributed by atoms with Crippen LogP contribution in [0.1, 0.15) is 5.56 Å². The maximum Gasteiger partial charge on any atom is 0.573 e. The fourth-order valence-corrected chi connectivity index (χ4v) is 1.02. The molecule has 0 aliphatic carbocycles.